The van der Waals surface area contributed by atoms with Crippen molar-refractivity contribution in [1.29, 1.82) is 0 Å². The van der Waals surface area contributed by atoms with Gasteiger partial charge in [0.1, 0.15) is 0 Å². The van der Waals surface area contributed by atoms with Gasteiger partial charge in [0.15, 0.2) is 0 Å². The lowest BCUT2D eigenvalue weighted by Gasteiger charge is -2.05. The van der Waals surface area contributed by atoms with Gasteiger partial charge in [-0.25, -0.2) is 0 Å². The highest BCUT2D eigenvalue weighted by molar-refractivity contribution is 5.98. The fraction of sp³-hybridized carbons (Fsp3) is 0.714. The largest absolute Gasteiger partial charge is 0.481 e. The van der Waals surface area contributed by atoms with Crippen molar-refractivity contribution in [2.24, 2.45) is 5.16 Å². The van der Waals surface area contributed by atoms with Crippen LogP contribution in [0.15, 0.2) is 5.16 Å². The number of hydrogen-bond acceptors (Lipinski definition) is 4. The van der Waals surface area contributed by atoms with Crippen LogP contribution in [0.25, 0.3) is 0 Å². The van der Waals surface area contributed by atoms with Gasteiger partial charge in [-0.2, -0.15) is 0 Å². The molecule has 12 heavy (non-hydrogen) atoms. The number of ether oxygens (including phenoxy) is 1. The number of carbonyl (C=O) groups is 1. The van der Waals surface area contributed by atoms with Crippen molar-refractivity contribution in [2.45, 2.75) is 26.1 Å². The summed E-state index contributed by atoms with van der Waals surface area (Å²) in [5, 5.41) is 12.0. The SMILES string of the molecule is CCOC1CC(CC(=O)O)=NO1. The van der Waals surface area contributed by atoms with Crippen LogP contribution in [0, 0.1) is 0 Å². The van der Waals surface area contributed by atoms with Crippen molar-refractivity contribution >= 4 is 11.7 Å². The van der Waals surface area contributed by atoms with Gasteiger partial charge in [-0.05, 0) is 6.92 Å². The van der Waals surface area contributed by atoms with Gasteiger partial charge >= 0.3 is 5.97 Å². The number of rotatable bonds is 4. The lowest BCUT2D eigenvalue weighted by Crippen LogP contribution is -2.13. The zero-order valence-electron chi connectivity index (χ0n) is 6.82. The fourth-order valence-electron chi connectivity index (χ4n) is 0.954. The number of oxime groups is 1. The second-order valence-corrected chi connectivity index (χ2v) is 2.42. The number of nitrogens with zero attached hydrogens (tertiary/aromatic N) is 1. The summed E-state index contributed by atoms with van der Waals surface area (Å²) in [6.07, 6.45) is 0.00771. The van der Waals surface area contributed by atoms with Gasteiger partial charge < -0.3 is 14.7 Å². The molecule has 68 valence electrons. The van der Waals surface area contributed by atoms with E-state index in [0.29, 0.717) is 18.7 Å². The highest BCUT2D eigenvalue weighted by Crippen LogP contribution is 2.13. The topological polar surface area (TPSA) is 68.1 Å². The smallest absolute Gasteiger partial charge is 0.309 e. The molecule has 0 bridgehead atoms. The zero-order chi connectivity index (χ0) is 8.97. The Hall–Kier alpha value is -1.10. The van der Waals surface area contributed by atoms with E-state index in [1.54, 1.807) is 0 Å². The van der Waals surface area contributed by atoms with Crippen LogP contribution in [-0.4, -0.2) is 29.7 Å². The van der Waals surface area contributed by atoms with Crippen LogP contribution < -0.4 is 0 Å². The highest BCUT2D eigenvalue weighted by Gasteiger charge is 2.22. The molecule has 0 fully saturated rings. The summed E-state index contributed by atoms with van der Waals surface area (Å²) in [6, 6.07) is 0. The van der Waals surface area contributed by atoms with Crippen molar-refractivity contribution in [3.05, 3.63) is 0 Å². The van der Waals surface area contributed by atoms with Crippen LogP contribution in [0.3, 0.4) is 0 Å². The zero-order valence-corrected chi connectivity index (χ0v) is 6.82. The van der Waals surface area contributed by atoms with Gasteiger partial charge in [0.05, 0.1) is 18.6 Å². The van der Waals surface area contributed by atoms with Crippen molar-refractivity contribution in [1.82, 2.24) is 0 Å². The molecule has 0 spiro atoms. The standard InChI is InChI=1S/C7H11NO4/c1-2-11-7-4-5(8-12-7)3-6(9)10/h7H,2-4H2,1H3,(H,9,10). The molecule has 1 rings (SSSR count). The Balaban J connectivity index is 2.28. The van der Waals surface area contributed by atoms with Gasteiger partial charge in [-0.15, -0.1) is 0 Å². The fourth-order valence-corrected chi connectivity index (χ4v) is 0.954. The minimum atomic E-state index is -0.894. The summed E-state index contributed by atoms with van der Waals surface area (Å²) >= 11 is 0. The average Bonchev–Trinajstić information content (AvgIpc) is 2.36. The predicted octanol–water partition coefficient (Wildman–Crippen LogP) is 0.600. The maximum atomic E-state index is 10.2. The molecule has 0 aliphatic carbocycles. The van der Waals surface area contributed by atoms with E-state index in [2.05, 4.69) is 5.16 Å². The summed E-state index contributed by atoms with van der Waals surface area (Å²) in [5.41, 5.74) is 0.529. The molecule has 0 aromatic carbocycles. The Kier molecular flexibility index (Phi) is 3.04. The van der Waals surface area contributed by atoms with Gasteiger partial charge in [-0.3, -0.25) is 4.79 Å². The van der Waals surface area contributed by atoms with E-state index in [1.807, 2.05) is 6.92 Å². The Morgan fingerprint density at radius 2 is 2.67 bits per heavy atom. The van der Waals surface area contributed by atoms with E-state index in [9.17, 15) is 4.79 Å². The first-order valence-corrected chi connectivity index (χ1v) is 3.77. The van der Waals surface area contributed by atoms with Crippen LogP contribution >= 0.6 is 0 Å². The maximum absolute atomic E-state index is 10.2. The first-order valence-electron chi connectivity index (χ1n) is 3.77. The van der Waals surface area contributed by atoms with Crippen LogP contribution in [0.1, 0.15) is 19.8 Å². The molecular formula is C7H11NO4. The Morgan fingerprint density at radius 3 is 3.25 bits per heavy atom. The number of carboxylic acids is 1. The third-order valence-corrected chi connectivity index (χ3v) is 1.41. The van der Waals surface area contributed by atoms with Gasteiger partial charge in [0, 0.05) is 6.61 Å². The second-order valence-electron chi connectivity index (χ2n) is 2.42. The first-order chi connectivity index (χ1) is 5.72. The monoisotopic (exact) mass is 173 g/mol. The second kappa shape index (κ2) is 4.06. The summed E-state index contributed by atoms with van der Waals surface area (Å²) in [5.74, 6) is -0.894. The molecule has 1 N–H and O–H groups in total. The van der Waals surface area contributed by atoms with Crippen molar-refractivity contribution in [2.75, 3.05) is 6.61 Å². The molecule has 1 aliphatic heterocycles. The Morgan fingerprint density at radius 1 is 1.92 bits per heavy atom. The Bertz CT molecular complexity index is 202. The third kappa shape index (κ3) is 2.50. The van der Waals surface area contributed by atoms with E-state index in [4.69, 9.17) is 14.7 Å². The molecule has 1 unspecified atom stereocenters. The molecule has 5 heteroatoms. The van der Waals surface area contributed by atoms with Crippen LogP contribution in [0.5, 0.6) is 0 Å². The highest BCUT2D eigenvalue weighted by atomic mass is 16.8. The predicted molar refractivity (Wildman–Crippen MR) is 40.8 cm³/mol. The normalized spacial score (nSPS) is 21.8. The molecular weight excluding hydrogens is 162 g/mol. The molecule has 1 heterocycles. The summed E-state index contributed by atoms with van der Waals surface area (Å²) in [4.78, 5) is 15.1. The Labute approximate surface area is 70.0 Å². The van der Waals surface area contributed by atoms with E-state index < -0.39 is 5.97 Å². The molecule has 0 saturated carbocycles. The molecule has 0 amide bonds. The maximum Gasteiger partial charge on any atom is 0.309 e. The van der Waals surface area contributed by atoms with E-state index in [1.165, 1.54) is 0 Å². The minimum Gasteiger partial charge on any atom is -0.481 e. The van der Waals surface area contributed by atoms with Crippen molar-refractivity contribution < 1.29 is 19.5 Å². The van der Waals surface area contributed by atoms with Crippen molar-refractivity contribution in [3.8, 4) is 0 Å². The lowest BCUT2D eigenvalue weighted by atomic mass is 10.2. The quantitative estimate of drug-likeness (QED) is 0.675. The summed E-state index contributed by atoms with van der Waals surface area (Å²) < 4.78 is 5.08. The summed E-state index contributed by atoms with van der Waals surface area (Å²) in [6.45, 7) is 2.39. The summed E-state index contributed by atoms with van der Waals surface area (Å²) in [7, 11) is 0. The van der Waals surface area contributed by atoms with Gasteiger partial charge in [0.25, 0.3) is 0 Å². The van der Waals surface area contributed by atoms with Crippen molar-refractivity contribution in [3.63, 3.8) is 0 Å². The number of hydrogen-bond donors (Lipinski definition) is 1. The van der Waals surface area contributed by atoms with Gasteiger partial charge in [0.2, 0.25) is 6.29 Å². The third-order valence-electron chi connectivity index (χ3n) is 1.41. The van der Waals surface area contributed by atoms with Crippen LogP contribution in [-0.2, 0) is 14.4 Å². The molecule has 5 nitrogen and oxygen atoms in total. The number of aliphatic carboxylic acids is 1. The van der Waals surface area contributed by atoms with E-state index >= 15 is 0 Å². The average molecular weight is 173 g/mol. The van der Waals surface area contributed by atoms with E-state index in [-0.39, 0.29) is 12.7 Å². The van der Waals surface area contributed by atoms with E-state index in [0.717, 1.165) is 0 Å². The molecule has 0 saturated heterocycles. The minimum absolute atomic E-state index is 0.0659. The molecule has 1 atom stereocenters. The van der Waals surface area contributed by atoms with Gasteiger partial charge in [-0.1, -0.05) is 5.16 Å². The van der Waals surface area contributed by atoms with Crippen LogP contribution in [0.2, 0.25) is 0 Å². The molecule has 0 aromatic heterocycles. The lowest BCUT2D eigenvalue weighted by molar-refractivity contribution is -0.135. The molecule has 0 radical (unpaired) electrons. The number of carboxylic acid groups (broad SMARTS) is 1. The molecule has 1 aliphatic rings. The molecule has 0 aromatic rings. The van der Waals surface area contributed by atoms with Crippen LogP contribution in [0.4, 0.5) is 0 Å². The first kappa shape index (κ1) is 8.99.